The molecule has 1 aliphatic carbocycles. The highest BCUT2D eigenvalue weighted by molar-refractivity contribution is 14.0. The fraction of sp³-hybridized carbons (Fsp3) is 0.750. The van der Waals surface area contributed by atoms with Gasteiger partial charge in [-0.2, -0.15) is 0 Å². The maximum absolute atomic E-state index is 5.93. The molecule has 5 nitrogen and oxygen atoms in total. The Morgan fingerprint density at radius 1 is 1.35 bits per heavy atom. The van der Waals surface area contributed by atoms with E-state index in [0.717, 1.165) is 37.8 Å². The summed E-state index contributed by atoms with van der Waals surface area (Å²) in [6.07, 6.45) is 8.03. The average Bonchev–Trinajstić information content (AvgIpc) is 2.96. The molecule has 0 amide bonds. The SMILES string of the molecule is CN=C(NCCCOC1CCCCC1)NCc1scnc1C.I. The molecule has 7 heteroatoms. The van der Waals surface area contributed by atoms with Crippen molar-refractivity contribution in [1.82, 2.24) is 15.6 Å². The van der Waals surface area contributed by atoms with Crippen LogP contribution in [-0.2, 0) is 11.3 Å². The van der Waals surface area contributed by atoms with E-state index in [1.807, 2.05) is 12.4 Å². The molecule has 0 radical (unpaired) electrons. The van der Waals surface area contributed by atoms with E-state index in [9.17, 15) is 0 Å². The first-order valence-electron chi connectivity index (χ1n) is 8.24. The summed E-state index contributed by atoms with van der Waals surface area (Å²) in [6.45, 7) is 4.53. The van der Waals surface area contributed by atoms with Gasteiger partial charge in [-0.05, 0) is 26.2 Å². The van der Waals surface area contributed by atoms with Crippen molar-refractivity contribution >= 4 is 41.3 Å². The Balaban J connectivity index is 0.00000264. The van der Waals surface area contributed by atoms with E-state index in [4.69, 9.17) is 4.74 Å². The molecule has 1 aromatic rings. The van der Waals surface area contributed by atoms with Gasteiger partial charge in [-0.25, -0.2) is 4.98 Å². The number of nitrogens with one attached hydrogen (secondary N) is 2. The Bertz CT molecular complexity index is 461. The first-order chi connectivity index (χ1) is 10.8. The summed E-state index contributed by atoms with van der Waals surface area (Å²) >= 11 is 1.67. The molecule has 1 aliphatic rings. The van der Waals surface area contributed by atoms with E-state index >= 15 is 0 Å². The normalized spacial score (nSPS) is 16.0. The fourth-order valence-corrected chi connectivity index (χ4v) is 3.36. The Morgan fingerprint density at radius 3 is 2.78 bits per heavy atom. The quantitative estimate of drug-likeness (QED) is 0.288. The van der Waals surface area contributed by atoms with Gasteiger partial charge in [0.1, 0.15) is 0 Å². The molecule has 0 aliphatic heterocycles. The van der Waals surface area contributed by atoms with Gasteiger partial charge in [-0.3, -0.25) is 4.99 Å². The van der Waals surface area contributed by atoms with E-state index in [-0.39, 0.29) is 24.0 Å². The lowest BCUT2D eigenvalue weighted by atomic mass is 9.98. The predicted molar refractivity (Wildman–Crippen MR) is 108 cm³/mol. The largest absolute Gasteiger partial charge is 0.378 e. The summed E-state index contributed by atoms with van der Waals surface area (Å²) in [4.78, 5) is 9.75. The number of ether oxygens (including phenoxy) is 1. The Kier molecular flexibility index (Phi) is 10.8. The molecular weight excluding hydrogens is 423 g/mol. The molecule has 132 valence electrons. The van der Waals surface area contributed by atoms with E-state index in [2.05, 4.69) is 20.6 Å². The third-order valence-electron chi connectivity index (χ3n) is 4.00. The van der Waals surface area contributed by atoms with Crippen molar-refractivity contribution in [2.75, 3.05) is 20.2 Å². The molecule has 2 N–H and O–H groups in total. The Morgan fingerprint density at radius 2 is 2.13 bits per heavy atom. The summed E-state index contributed by atoms with van der Waals surface area (Å²) in [5, 5.41) is 6.65. The average molecular weight is 452 g/mol. The van der Waals surface area contributed by atoms with Crippen molar-refractivity contribution in [2.45, 2.75) is 58.1 Å². The van der Waals surface area contributed by atoms with Crippen LogP contribution in [0.15, 0.2) is 10.5 Å². The maximum Gasteiger partial charge on any atom is 0.191 e. The molecule has 0 bridgehead atoms. The van der Waals surface area contributed by atoms with Crippen molar-refractivity contribution < 1.29 is 4.74 Å². The molecular formula is C16H29IN4OS. The van der Waals surface area contributed by atoms with Gasteiger partial charge in [0.25, 0.3) is 0 Å². The number of aliphatic imine (C=N–C) groups is 1. The minimum Gasteiger partial charge on any atom is -0.378 e. The number of thiazole rings is 1. The number of aryl methyl sites for hydroxylation is 1. The zero-order valence-corrected chi connectivity index (χ0v) is 17.3. The molecule has 0 aromatic carbocycles. The van der Waals surface area contributed by atoms with Gasteiger partial charge in [0, 0.05) is 25.1 Å². The van der Waals surface area contributed by atoms with Crippen LogP contribution in [0.25, 0.3) is 0 Å². The van der Waals surface area contributed by atoms with Crippen LogP contribution in [0.2, 0.25) is 0 Å². The number of hydrogen-bond donors (Lipinski definition) is 2. The highest BCUT2D eigenvalue weighted by Crippen LogP contribution is 2.20. The highest BCUT2D eigenvalue weighted by Gasteiger charge is 2.12. The third-order valence-corrected chi connectivity index (χ3v) is 4.94. The van der Waals surface area contributed by atoms with Gasteiger partial charge in [0.05, 0.1) is 23.9 Å². The number of aromatic nitrogens is 1. The molecule has 23 heavy (non-hydrogen) atoms. The second-order valence-electron chi connectivity index (χ2n) is 5.70. The second-order valence-corrected chi connectivity index (χ2v) is 6.64. The van der Waals surface area contributed by atoms with Crippen molar-refractivity contribution in [2.24, 2.45) is 4.99 Å². The topological polar surface area (TPSA) is 58.5 Å². The first-order valence-corrected chi connectivity index (χ1v) is 9.12. The number of halogens is 1. The summed E-state index contributed by atoms with van der Waals surface area (Å²) in [6, 6.07) is 0. The first kappa shape index (κ1) is 20.6. The molecule has 0 saturated heterocycles. The van der Waals surface area contributed by atoms with Crippen LogP contribution >= 0.6 is 35.3 Å². The van der Waals surface area contributed by atoms with Gasteiger partial charge >= 0.3 is 0 Å². The fourth-order valence-electron chi connectivity index (χ4n) is 2.64. The van der Waals surface area contributed by atoms with Gasteiger partial charge in [-0.1, -0.05) is 19.3 Å². The number of guanidine groups is 1. The molecule has 0 atom stereocenters. The van der Waals surface area contributed by atoms with E-state index < -0.39 is 0 Å². The van der Waals surface area contributed by atoms with Crippen LogP contribution in [0, 0.1) is 6.92 Å². The van der Waals surface area contributed by atoms with Gasteiger partial charge in [-0.15, -0.1) is 35.3 Å². The van der Waals surface area contributed by atoms with Crippen LogP contribution in [0.3, 0.4) is 0 Å². The molecule has 1 saturated carbocycles. The third kappa shape index (κ3) is 7.80. The van der Waals surface area contributed by atoms with Crippen LogP contribution in [0.4, 0.5) is 0 Å². The smallest absolute Gasteiger partial charge is 0.191 e. The van der Waals surface area contributed by atoms with Gasteiger partial charge in [0.2, 0.25) is 0 Å². The van der Waals surface area contributed by atoms with Gasteiger partial charge in [0.15, 0.2) is 5.96 Å². The molecule has 1 heterocycles. The molecule has 2 rings (SSSR count). The Labute approximate surface area is 160 Å². The van der Waals surface area contributed by atoms with Crippen molar-refractivity contribution in [3.63, 3.8) is 0 Å². The van der Waals surface area contributed by atoms with Gasteiger partial charge < -0.3 is 15.4 Å². The van der Waals surface area contributed by atoms with E-state index in [1.54, 1.807) is 18.4 Å². The molecule has 1 aromatic heterocycles. The lowest BCUT2D eigenvalue weighted by Gasteiger charge is -2.22. The van der Waals surface area contributed by atoms with Crippen LogP contribution in [-0.4, -0.2) is 37.2 Å². The summed E-state index contributed by atoms with van der Waals surface area (Å²) in [5.41, 5.74) is 2.97. The summed E-state index contributed by atoms with van der Waals surface area (Å²) in [7, 11) is 1.80. The summed E-state index contributed by atoms with van der Waals surface area (Å²) < 4.78 is 5.93. The molecule has 1 fully saturated rings. The van der Waals surface area contributed by atoms with Crippen LogP contribution in [0.1, 0.15) is 49.1 Å². The van der Waals surface area contributed by atoms with Crippen molar-refractivity contribution in [3.05, 3.63) is 16.1 Å². The zero-order chi connectivity index (χ0) is 15.6. The molecule has 0 spiro atoms. The van der Waals surface area contributed by atoms with E-state index in [0.29, 0.717) is 6.10 Å². The zero-order valence-electron chi connectivity index (χ0n) is 14.1. The van der Waals surface area contributed by atoms with Crippen molar-refractivity contribution in [3.8, 4) is 0 Å². The minimum absolute atomic E-state index is 0. The number of rotatable bonds is 7. The minimum atomic E-state index is 0. The standard InChI is InChI=1S/C16H28N4OS.HI/c1-13-15(22-12-20-13)11-19-16(17-2)18-9-6-10-21-14-7-4-3-5-8-14;/h12,14H,3-11H2,1-2H3,(H2,17,18,19);1H. The van der Waals surface area contributed by atoms with Crippen LogP contribution < -0.4 is 10.6 Å². The summed E-state index contributed by atoms with van der Waals surface area (Å²) in [5.74, 6) is 0.838. The maximum atomic E-state index is 5.93. The molecule has 0 unspecified atom stereocenters. The number of nitrogens with zero attached hydrogens (tertiary/aromatic N) is 2. The van der Waals surface area contributed by atoms with Crippen LogP contribution in [0.5, 0.6) is 0 Å². The predicted octanol–water partition coefficient (Wildman–Crippen LogP) is 3.47. The second kappa shape index (κ2) is 12.0. The lowest BCUT2D eigenvalue weighted by Crippen LogP contribution is -2.37. The van der Waals surface area contributed by atoms with Crippen molar-refractivity contribution in [1.29, 1.82) is 0 Å². The number of hydrogen-bond acceptors (Lipinski definition) is 4. The lowest BCUT2D eigenvalue weighted by molar-refractivity contribution is 0.0277. The Hall–Kier alpha value is -0.410. The highest BCUT2D eigenvalue weighted by atomic mass is 127. The van der Waals surface area contributed by atoms with E-state index in [1.165, 1.54) is 37.0 Å². The monoisotopic (exact) mass is 452 g/mol.